The largest absolute Gasteiger partial charge is 0.326 e. The van der Waals surface area contributed by atoms with E-state index in [9.17, 15) is 0 Å². The Hall–Kier alpha value is -1.13. The average Bonchev–Trinajstić information content (AvgIpc) is 2.83. The lowest BCUT2D eigenvalue weighted by Gasteiger charge is -2.22. The third-order valence-electron chi connectivity index (χ3n) is 2.92. The van der Waals surface area contributed by atoms with Gasteiger partial charge in [0.15, 0.2) is 0 Å². The van der Waals surface area contributed by atoms with Crippen LogP contribution in [0.15, 0.2) is 23.8 Å². The second kappa shape index (κ2) is 4.39. The Morgan fingerprint density at radius 3 is 2.62 bits per heavy atom. The van der Waals surface area contributed by atoms with E-state index in [1.165, 1.54) is 10.6 Å². The summed E-state index contributed by atoms with van der Waals surface area (Å²) in [5.41, 5.74) is 8.36. The highest BCUT2D eigenvalue weighted by Crippen LogP contribution is 2.27. The van der Waals surface area contributed by atoms with E-state index in [0.717, 1.165) is 5.69 Å². The molecule has 0 aliphatic carbocycles. The monoisotopic (exact) mass is 235 g/mol. The summed E-state index contributed by atoms with van der Waals surface area (Å²) in [4.78, 5) is 5.63. The zero-order valence-corrected chi connectivity index (χ0v) is 10.7. The van der Waals surface area contributed by atoms with E-state index >= 15 is 0 Å². The smallest absolute Gasteiger partial charge is 0.0958 e. The first-order valence-corrected chi connectivity index (χ1v) is 6.28. The Kier molecular flexibility index (Phi) is 3.12. The van der Waals surface area contributed by atoms with Gasteiger partial charge in [0.2, 0.25) is 0 Å². The van der Waals surface area contributed by atoms with Crippen LogP contribution in [0.1, 0.15) is 29.2 Å². The standard InChI is InChI=1S/C12H17N3S/c1-8(13)12(11-5-4-6-16-11)15-7-14-9(2)10(15)3/h4-8,12H,13H2,1-3H3. The van der Waals surface area contributed by atoms with Crippen molar-refractivity contribution >= 4 is 11.3 Å². The summed E-state index contributed by atoms with van der Waals surface area (Å²) >= 11 is 1.74. The van der Waals surface area contributed by atoms with Gasteiger partial charge in [-0.05, 0) is 32.2 Å². The molecular weight excluding hydrogens is 218 g/mol. The quantitative estimate of drug-likeness (QED) is 0.888. The Morgan fingerprint density at radius 2 is 2.19 bits per heavy atom. The van der Waals surface area contributed by atoms with E-state index in [0.29, 0.717) is 0 Å². The lowest BCUT2D eigenvalue weighted by Crippen LogP contribution is -2.29. The molecule has 0 spiro atoms. The minimum absolute atomic E-state index is 0.0750. The first-order chi connectivity index (χ1) is 7.61. The molecule has 0 saturated heterocycles. The number of hydrogen-bond acceptors (Lipinski definition) is 3. The van der Waals surface area contributed by atoms with Crippen molar-refractivity contribution in [2.24, 2.45) is 5.73 Å². The van der Waals surface area contributed by atoms with Gasteiger partial charge in [0, 0.05) is 16.6 Å². The highest BCUT2D eigenvalue weighted by Gasteiger charge is 2.21. The van der Waals surface area contributed by atoms with Gasteiger partial charge in [0.05, 0.1) is 18.1 Å². The first-order valence-electron chi connectivity index (χ1n) is 5.40. The number of nitrogens with zero attached hydrogens (tertiary/aromatic N) is 2. The Balaban J connectivity index is 2.45. The predicted octanol–water partition coefficient (Wildman–Crippen LogP) is 2.50. The molecule has 4 heteroatoms. The van der Waals surface area contributed by atoms with Crippen LogP contribution in [0.4, 0.5) is 0 Å². The molecule has 0 aliphatic rings. The van der Waals surface area contributed by atoms with E-state index in [2.05, 4.69) is 34.0 Å². The van der Waals surface area contributed by atoms with Crippen LogP contribution >= 0.6 is 11.3 Å². The summed E-state index contributed by atoms with van der Waals surface area (Å²) in [5, 5.41) is 2.09. The molecule has 0 radical (unpaired) electrons. The van der Waals surface area contributed by atoms with Crippen LogP contribution in [0.3, 0.4) is 0 Å². The van der Waals surface area contributed by atoms with Crippen molar-refractivity contribution in [2.45, 2.75) is 32.9 Å². The molecule has 2 aromatic heterocycles. The van der Waals surface area contributed by atoms with Crippen molar-refractivity contribution in [1.29, 1.82) is 0 Å². The number of hydrogen-bond donors (Lipinski definition) is 1. The second-order valence-electron chi connectivity index (χ2n) is 4.14. The van der Waals surface area contributed by atoms with Crippen molar-refractivity contribution in [2.75, 3.05) is 0 Å². The molecule has 2 heterocycles. The van der Waals surface area contributed by atoms with Crippen molar-refractivity contribution in [3.05, 3.63) is 40.1 Å². The molecule has 0 bridgehead atoms. The number of imidazole rings is 1. The zero-order chi connectivity index (χ0) is 11.7. The molecule has 0 aromatic carbocycles. The van der Waals surface area contributed by atoms with Gasteiger partial charge in [-0.3, -0.25) is 0 Å². The van der Waals surface area contributed by atoms with Gasteiger partial charge in [-0.15, -0.1) is 11.3 Å². The van der Waals surface area contributed by atoms with Gasteiger partial charge in [0.25, 0.3) is 0 Å². The van der Waals surface area contributed by atoms with Gasteiger partial charge < -0.3 is 10.3 Å². The molecule has 16 heavy (non-hydrogen) atoms. The number of aromatic nitrogens is 2. The fourth-order valence-corrected chi connectivity index (χ4v) is 2.84. The fourth-order valence-electron chi connectivity index (χ4n) is 1.91. The van der Waals surface area contributed by atoms with Crippen LogP contribution in [0.5, 0.6) is 0 Å². The summed E-state index contributed by atoms with van der Waals surface area (Å²) < 4.78 is 2.17. The molecule has 86 valence electrons. The molecule has 0 aliphatic heterocycles. The molecular formula is C12H17N3S. The third-order valence-corrected chi connectivity index (χ3v) is 3.86. The Morgan fingerprint density at radius 1 is 1.44 bits per heavy atom. The molecule has 0 fully saturated rings. The van der Waals surface area contributed by atoms with E-state index in [4.69, 9.17) is 5.73 Å². The molecule has 3 nitrogen and oxygen atoms in total. The predicted molar refractivity (Wildman–Crippen MR) is 67.8 cm³/mol. The van der Waals surface area contributed by atoms with Crippen molar-refractivity contribution < 1.29 is 0 Å². The maximum atomic E-state index is 6.10. The SMILES string of the molecule is Cc1ncn(C(c2cccs2)C(C)N)c1C. The molecule has 0 saturated carbocycles. The summed E-state index contributed by atoms with van der Waals surface area (Å²) in [5.74, 6) is 0. The molecule has 2 atom stereocenters. The summed E-state index contributed by atoms with van der Waals surface area (Å²) in [6, 6.07) is 4.47. The highest BCUT2D eigenvalue weighted by atomic mass is 32.1. The molecule has 2 unspecified atom stereocenters. The van der Waals surface area contributed by atoms with Crippen LogP contribution in [0.2, 0.25) is 0 Å². The van der Waals surface area contributed by atoms with Gasteiger partial charge in [-0.2, -0.15) is 0 Å². The van der Waals surface area contributed by atoms with Crippen molar-refractivity contribution in [3.63, 3.8) is 0 Å². The number of nitrogens with two attached hydrogens (primary N) is 1. The normalized spacial score (nSPS) is 15.0. The van der Waals surface area contributed by atoms with E-state index in [-0.39, 0.29) is 12.1 Å². The average molecular weight is 235 g/mol. The number of aryl methyl sites for hydroxylation is 1. The minimum Gasteiger partial charge on any atom is -0.326 e. The second-order valence-corrected chi connectivity index (χ2v) is 5.12. The van der Waals surface area contributed by atoms with Crippen molar-refractivity contribution in [1.82, 2.24) is 9.55 Å². The summed E-state index contributed by atoms with van der Waals surface area (Å²) in [7, 11) is 0. The van der Waals surface area contributed by atoms with Crippen LogP contribution < -0.4 is 5.73 Å². The Bertz CT molecular complexity index is 457. The van der Waals surface area contributed by atoms with Crippen LogP contribution in [0, 0.1) is 13.8 Å². The van der Waals surface area contributed by atoms with Gasteiger partial charge in [-0.1, -0.05) is 6.07 Å². The molecule has 2 rings (SSSR count). The molecule has 0 amide bonds. The fraction of sp³-hybridized carbons (Fsp3) is 0.417. The van der Waals surface area contributed by atoms with Gasteiger partial charge in [0.1, 0.15) is 0 Å². The topological polar surface area (TPSA) is 43.8 Å². The van der Waals surface area contributed by atoms with Crippen LogP contribution in [-0.4, -0.2) is 15.6 Å². The van der Waals surface area contributed by atoms with Crippen LogP contribution in [0.25, 0.3) is 0 Å². The highest BCUT2D eigenvalue weighted by molar-refractivity contribution is 7.10. The zero-order valence-electron chi connectivity index (χ0n) is 9.84. The van der Waals surface area contributed by atoms with Gasteiger partial charge in [-0.25, -0.2) is 4.98 Å². The maximum Gasteiger partial charge on any atom is 0.0958 e. The van der Waals surface area contributed by atoms with E-state index in [1.54, 1.807) is 11.3 Å². The van der Waals surface area contributed by atoms with Gasteiger partial charge >= 0.3 is 0 Å². The number of rotatable bonds is 3. The lowest BCUT2D eigenvalue weighted by atomic mass is 10.1. The van der Waals surface area contributed by atoms with E-state index in [1.807, 2.05) is 20.2 Å². The maximum absolute atomic E-state index is 6.10. The molecule has 2 N–H and O–H groups in total. The lowest BCUT2D eigenvalue weighted by molar-refractivity contribution is 0.495. The third kappa shape index (κ3) is 1.90. The molecule has 2 aromatic rings. The van der Waals surface area contributed by atoms with E-state index < -0.39 is 0 Å². The minimum atomic E-state index is 0.0750. The Labute approximate surface area is 99.9 Å². The summed E-state index contributed by atoms with van der Waals surface area (Å²) in [6.07, 6.45) is 1.89. The first kappa shape index (κ1) is 11.4. The summed E-state index contributed by atoms with van der Waals surface area (Å²) in [6.45, 7) is 6.16. The number of thiophene rings is 1. The van der Waals surface area contributed by atoms with Crippen molar-refractivity contribution in [3.8, 4) is 0 Å². The van der Waals surface area contributed by atoms with Crippen LogP contribution in [-0.2, 0) is 0 Å².